The molecule has 0 bridgehead atoms. The summed E-state index contributed by atoms with van der Waals surface area (Å²) in [6, 6.07) is 6.35. The van der Waals surface area contributed by atoms with Gasteiger partial charge in [-0.3, -0.25) is 4.40 Å². The van der Waals surface area contributed by atoms with Gasteiger partial charge >= 0.3 is 0 Å². The van der Waals surface area contributed by atoms with Crippen LogP contribution in [0.25, 0.3) is 27.1 Å². The first-order valence-electron chi connectivity index (χ1n) is 8.32. The molecule has 4 heterocycles. The van der Waals surface area contributed by atoms with Crippen molar-refractivity contribution in [1.82, 2.24) is 19.4 Å². The molecule has 0 aliphatic carbocycles. The lowest BCUT2D eigenvalue weighted by Gasteiger charge is -2.17. The number of aliphatic hydroxyl groups is 1. The summed E-state index contributed by atoms with van der Waals surface area (Å²) in [6.45, 7) is 3.44. The van der Waals surface area contributed by atoms with Gasteiger partial charge in [0.1, 0.15) is 0 Å². The largest absolute Gasteiger partial charge is 0.391 e. The zero-order valence-corrected chi connectivity index (χ0v) is 14.6. The number of anilines is 1. The van der Waals surface area contributed by atoms with Crippen LogP contribution in [0.15, 0.2) is 36.8 Å². The van der Waals surface area contributed by atoms with E-state index in [9.17, 15) is 5.11 Å². The third kappa shape index (κ3) is 2.39. The van der Waals surface area contributed by atoms with Gasteiger partial charge in [0.15, 0.2) is 11.5 Å². The fraction of sp³-hybridized carbons (Fsp3) is 0.278. The first-order chi connectivity index (χ1) is 12.2. The number of hydrogen-bond acceptors (Lipinski definition) is 6. The molecule has 6 nitrogen and oxygen atoms in total. The Bertz CT molecular complexity index is 1090. The molecule has 126 valence electrons. The molecular formula is C18H17N5OS. The number of rotatable bonds is 2. The van der Waals surface area contributed by atoms with E-state index >= 15 is 0 Å². The second kappa shape index (κ2) is 5.50. The van der Waals surface area contributed by atoms with Crippen molar-refractivity contribution in [2.75, 3.05) is 18.0 Å². The summed E-state index contributed by atoms with van der Waals surface area (Å²) in [4.78, 5) is 15.8. The van der Waals surface area contributed by atoms with Crippen LogP contribution >= 0.6 is 11.3 Å². The van der Waals surface area contributed by atoms with Gasteiger partial charge in [0.05, 0.1) is 33.2 Å². The molecule has 1 aliphatic rings. The van der Waals surface area contributed by atoms with Gasteiger partial charge in [0, 0.05) is 31.0 Å². The van der Waals surface area contributed by atoms with Crippen LogP contribution in [0.5, 0.6) is 0 Å². The first-order valence-corrected chi connectivity index (χ1v) is 9.13. The summed E-state index contributed by atoms with van der Waals surface area (Å²) in [5, 5.41) is 10.9. The second-order valence-corrected chi connectivity index (χ2v) is 7.63. The molecule has 1 aromatic carbocycles. The van der Waals surface area contributed by atoms with Crippen LogP contribution < -0.4 is 4.90 Å². The van der Waals surface area contributed by atoms with Crippen molar-refractivity contribution in [1.29, 1.82) is 0 Å². The highest BCUT2D eigenvalue weighted by Crippen LogP contribution is 2.30. The maximum absolute atomic E-state index is 9.82. The van der Waals surface area contributed by atoms with Gasteiger partial charge in [-0.25, -0.2) is 15.0 Å². The zero-order valence-electron chi connectivity index (χ0n) is 13.8. The Hall–Kier alpha value is -2.51. The molecule has 1 saturated heterocycles. The number of aryl methyl sites for hydroxylation is 1. The summed E-state index contributed by atoms with van der Waals surface area (Å²) in [7, 11) is 0. The quantitative estimate of drug-likeness (QED) is 0.601. The standard InChI is InChI=1S/C18H17N5OS/c1-11-21-14-8-12(2-3-16(14)25-11)15-9-20-18-17(19-5-7-23(15)18)22-6-4-13(24)10-22/h2-3,5,7-9,13,24H,4,6,10H2,1H3. The van der Waals surface area contributed by atoms with E-state index in [-0.39, 0.29) is 6.10 Å². The van der Waals surface area contributed by atoms with Gasteiger partial charge in [-0.1, -0.05) is 6.07 Å². The molecule has 1 atom stereocenters. The Labute approximate surface area is 148 Å². The topological polar surface area (TPSA) is 66.5 Å². The molecule has 5 rings (SSSR count). The number of benzene rings is 1. The van der Waals surface area contributed by atoms with E-state index in [1.54, 1.807) is 17.5 Å². The maximum atomic E-state index is 9.82. The van der Waals surface area contributed by atoms with Crippen molar-refractivity contribution in [3.63, 3.8) is 0 Å². The van der Waals surface area contributed by atoms with E-state index in [0.717, 1.165) is 46.2 Å². The second-order valence-electron chi connectivity index (χ2n) is 6.39. The van der Waals surface area contributed by atoms with Crippen LogP contribution in [0.4, 0.5) is 5.82 Å². The van der Waals surface area contributed by atoms with E-state index in [2.05, 4.69) is 42.5 Å². The molecule has 7 heteroatoms. The average molecular weight is 351 g/mol. The molecule has 4 aromatic rings. The Balaban J connectivity index is 1.64. The lowest BCUT2D eigenvalue weighted by atomic mass is 10.1. The number of fused-ring (bicyclic) bond motifs is 2. The van der Waals surface area contributed by atoms with Crippen molar-refractivity contribution in [3.8, 4) is 11.3 Å². The molecule has 1 N–H and O–H groups in total. The number of β-amino-alcohol motifs (C(OH)–C–C–N with tert-alkyl or cyclic N) is 1. The lowest BCUT2D eigenvalue weighted by Crippen LogP contribution is -2.23. The van der Waals surface area contributed by atoms with E-state index < -0.39 is 0 Å². The first kappa shape index (κ1) is 14.8. The fourth-order valence-electron chi connectivity index (χ4n) is 3.48. The third-order valence-electron chi connectivity index (χ3n) is 4.66. The van der Waals surface area contributed by atoms with Crippen molar-refractivity contribution in [2.24, 2.45) is 0 Å². The molecule has 0 amide bonds. The van der Waals surface area contributed by atoms with Gasteiger partial charge in [0.2, 0.25) is 0 Å². The predicted molar refractivity (Wildman–Crippen MR) is 99.2 cm³/mol. The molecule has 1 fully saturated rings. The molecule has 0 spiro atoms. The van der Waals surface area contributed by atoms with Crippen molar-refractivity contribution in [2.45, 2.75) is 19.4 Å². The number of hydrogen-bond donors (Lipinski definition) is 1. The number of aromatic nitrogens is 4. The Kier molecular flexibility index (Phi) is 3.26. The summed E-state index contributed by atoms with van der Waals surface area (Å²) in [5.74, 6) is 0.830. The van der Waals surface area contributed by atoms with Crippen molar-refractivity contribution >= 4 is 33.0 Å². The summed E-state index contributed by atoms with van der Waals surface area (Å²) < 4.78 is 3.26. The highest BCUT2D eigenvalue weighted by atomic mass is 32.1. The van der Waals surface area contributed by atoms with E-state index in [1.165, 1.54) is 4.70 Å². The predicted octanol–water partition coefficient (Wildman–Crippen LogP) is 2.89. The molecule has 0 saturated carbocycles. The smallest absolute Gasteiger partial charge is 0.180 e. The van der Waals surface area contributed by atoms with Gasteiger partial charge in [0.25, 0.3) is 0 Å². The number of thiazole rings is 1. The zero-order chi connectivity index (χ0) is 17.0. The van der Waals surface area contributed by atoms with Crippen molar-refractivity contribution < 1.29 is 5.11 Å². The summed E-state index contributed by atoms with van der Waals surface area (Å²) in [5.41, 5.74) is 3.95. The van der Waals surface area contributed by atoms with Crippen LogP contribution in [-0.2, 0) is 0 Å². The number of aliphatic hydroxyl groups excluding tert-OH is 1. The summed E-state index contributed by atoms with van der Waals surface area (Å²) >= 11 is 1.71. The summed E-state index contributed by atoms with van der Waals surface area (Å²) in [6.07, 6.45) is 6.10. The lowest BCUT2D eigenvalue weighted by molar-refractivity contribution is 0.198. The van der Waals surface area contributed by atoms with Gasteiger partial charge in [-0.2, -0.15) is 0 Å². The van der Waals surface area contributed by atoms with Crippen LogP contribution in [0.2, 0.25) is 0 Å². The SMILES string of the molecule is Cc1nc2cc(-c3cnc4c(N5CCC(O)C5)nccn34)ccc2s1. The molecule has 0 radical (unpaired) electrons. The molecule has 25 heavy (non-hydrogen) atoms. The Morgan fingerprint density at radius 3 is 3.04 bits per heavy atom. The molecular weight excluding hydrogens is 334 g/mol. The van der Waals surface area contributed by atoms with E-state index in [1.807, 2.05) is 19.3 Å². The van der Waals surface area contributed by atoms with Gasteiger partial charge in [-0.05, 0) is 25.5 Å². The minimum Gasteiger partial charge on any atom is -0.391 e. The third-order valence-corrected chi connectivity index (χ3v) is 5.61. The minimum absolute atomic E-state index is 0.285. The van der Waals surface area contributed by atoms with Gasteiger partial charge in [-0.15, -0.1) is 11.3 Å². The Morgan fingerprint density at radius 2 is 2.20 bits per heavy atom. The van der Waals surface area contributed by atoms with Crippen LogP contribution in [0, 0.1) is 6.92 Å². The maximum Gasteiger partial charge on any atom is 0.180 e. The van der Waals surface area contributed by atoms with Crippen LogP contribution in [-0.4, -0.2) is 43.7 Å². The van der Waals surface area contributed by atoms with Gasteiger partial charge < -0.3 is 10.0 Å². The monoisotopic (exact) mass is 351 g/mol. The number of nitrogens with zero attached hydrogens (tertiary/aromatic N) is 5. The Morgan fingerprint density at radius 1 is 1.28 bits per heavy atom. The highest BCUT2D eigenvalue weighted by Gasteiger charge is 2.24. The molecule has 3 aromatic heterocycles. The van der Waals surface area contributed by atoms with Crippen LogP contribution in [0.3, 0.4) is 0 Å². The molecule has 1 unspecified atom stereocenters. The highest BCUT2D eigenvalue weighted by molar-refractivity contribution is 7.18. The van der Waals surface area contributed by atoms with Crippen molar-refractivity contribution in [3.05, 3.63) is 41.8 Å². The molecule has 1 aliphatic heterocycles. The van der Waals surface area contributed by atoms with Crippen LogP contribution in [0.1, 0.15) is 11.4 Å². The van der Waals surface area contributed by atoms with E-state index in [0.29, 0.717) is 6.54 Å². The fourth-order valence-corrected chi connectivity index (χ4v) is 4.29. The normalized spacial score (nSPS) is 17.8. The average Bonchev–Trinajstić information content (AvgIpc) is 3.30. The number of imidazole rings is 1. The minimum atomic E-state index is -0.285. The van der Waals surface area contributed by atoms with E-state index in [4.69, 9.17) is 0 Å².